The van der Waals surface area contributed by atoms with Gasteiger partial charge in [-0.2, -0.15) is 0 Å². The molecule has 1 heterocycles. The van der Waals surface area contributed by atoms with Crippen molar-refractivity contribution in [2.45, 2.75) is 37.1 Å². The van der Waals surface area contributed by atoms with Gasteiger partial charge >= 0.3 is 0 Å². The zero-order chi connectivity index (χ0) is 19.6. The molecule has 6 N–H and O–H groups in total. The molecule has 5 unspecified atom stereocenters. The van der Waals surface area contributed by atoms with Gasteiger partial charge in [0.1, 0.15) is 30.2 Å². The first kappa shape index (κ1) is 19.4. The molecule has 27 heavy (non-hydrogen) atoms. The highest BCUT2D eigenvalue weighted by Gasteiger charge is 2.44. The average molecular weight is 378 g/mol. The second-order valence-corrected chi connectivity index (χ2v) is 6.43. The Kier molecular flexibility index (Phi) is 5.83. The lowest BCUT2D eigenvalue weighted by atomic mass is 9.99. The molecule has 2 aromatic rings. The van der Waals surface area contributed by atoms with E-state index in [4.69, 9.17) is 9.47 Å². The van der Waals surface area contributed by atoms with Crippen LogP contribution >= 0.6 is 0 Å². The first-order valence-electron chi connectivity index (χ1n) is 8.46. The molecular weight excluding hydrogens is 356 g/mol. The first-order chi connectivity index (χ1) is 12.9. The van der Waals surface area contributed by atoms with Crippen molar-refractivity contribution >= 4 is 0 Å². The lowest BCUT2D eigenvalue weighted by Crippen LogP contribution is -2.60. The number of hydrogen-bond donors (Lipinski definition) is 6. The molecular formula is C19H22O8. The summed E-state index contributed by atoms with van der Waals surface area (Å²) in [6, 6.07) is 11.8. The van der Waals surface area contributed by atoms with Gasteiger partial charge in [-0.05, 0) is 11.6 Å². The van der Waals surface area contributed by atoms with Crippen molar-refractivity contribution in [1.29, 1.82) is 0 Å². The van der Waals surface area contributed by atoms with E-state index in [1.54, 1.807) is 0 Å². The Labute approximate surface area is 155 Å². The minimum absolute atomic E-state index is 0.124. The maximum absolute atomic E-state index is 10.1. The maximum atomic E-state index is 10.1. The van der Waals surface area contributed by atoms with Gasteiger partial charge in [0.05, 0.1) is 6.61 Å². The van der Waals surface area contributed by atoms with Gasteiger partial charge in [-0.25, -0.2) is 0 Å². The lowest BCUT2D eigenvalue weighted by Gasteiger charge is -2.39. The van der Waals surface area contributed by atoms with E-state index in [2.05, 4.69) is 0 Å². The fourth-order valence-electron chi connectivity index (χ4n) is 2.95. The molecule has 3 rings (SSSR count). The highest BCUT2D eigenvalue weighted by molar-refractivity contribution is 5.50. The van der Waals surface area contributed by atoms with Gasteiger partial charge in [0.25, 0.3) is 0 Å². The Morgan fingerprint density at radius 3 is 2.22 bits per heavy atom. The molecule has 1 saturated heterocycles. The predicted octanol–water partition coefficient (Wildman–Crippen LogP) is -0.133. The number of hydrogen-bond acceptors (Lipinski definition) is 8. The van der Waals surface area contributed by atoms with Crippen molar-refractivity contribution in [3.63, 3.8) is 0 Å². The van der Waals surface area contributed by atoms with Crippen molar-refractivity contribution in [2.75, 3.05) is 6.61 Å². The van der Waals surface area contributed by atoms with Crippen molar-refractivity contribution in [3.05, 3.63) is 53.6 Å². The molecule has 5 atom stereocenters. The zero-order valence-electron chi connectivity index (χ0n) is 14.3. The number of aliphatic hydroxyl groups excluding tert-OH is 4. The fraction of sp³-hybridized carbons (Fsp3) is 0.368. The SMILES string of the molecule is OCC1OC(Oc2cc(O)c(O)cc2Cc2ccccc2)C(O)C(O)C1O. The third-order valence-electron chi connectivity index (χ3n) is 4.49. The molecule has 2 aromatic carbocycles. The predicted molar refractivity (Wildman–Crippen MR) is 93.4 cm³/mol. The third-order valence-corrected chi connectivity index (χ3v) is 4.49. The smallest absolute Gasteiger partial charge is 0.229 e. The van der Waals surface area contributed by atoms with Crippen molar-refractivity contribution in [2.24, 2.45) is 0 Å². The van der Waals surface area contributed by atoms with Crippen LogP contribution in [0.1, 0.15) is 11.1 Å². The van der Waals surface area contributed by atoms with Crippen LogP contribution in [-0.4, -0.2) is 68.0 Å². The first-order valence-corrected chi connectivity index (χ1v) is 8.46. The molecule has 0 saturated carbocycles. The van der Waals surface area contributed by atoms with E-state index in [0.717, 1.165) is 5.56 Å². The van der Waals surface area contributed by atoms with E-state index in [9.17, 15) is 30.6 Å². The van der Waals surface area contributed by atoms with Gasteiger partial charge in [-0.15, -0.1) is 0 Å². The molecule has 1 fully saturated rings. The van der Waals surface area contributed by atoms with Gasteiger partial charge in [-0.1, -0.05) is 30.3 Å². The number of aliphatic hydroxyl groups is 4. The molecule has 0 aliphatic carbocycles. The summed E-state index contributed by atoms with van der Waals surface area (Å²) in [6.45, 7) is -0.581. The van der Waals surface area contributed by atoms with Crippen LogP contribution in [0.2, 0.25) is 0 Å². The Bertz CT molecular complexity index is 764. The van der Waals surface area contributed by atoms with Gasteiger partial charge in [0.15, 0.2) is 11.5 Å². The van der Waals surface area contributed by atoms with Crippen molar-refractivity contribution < 1.29 is 40.1 Å². The highest BCUT2D eigenvalue weighted by atomic mass is 16.7. The molecule has 8 heteroatoms. The maximum Gasteiger partial charge on any atom is 0.229 e. The summed E-state index contributed by atoms with van der Waals surface area (Å²) in [5.41, 5.74) is 1.43. The quantitative estimate of drug-likeness (QED) is 0.395. The minimum atomic E-state index is -1.58. The molecule has 8 nitrogen and oxygen atoms in total. The van der Waals surface area contributed by atoms with Crippen LogP contribution in [-0.2, 0) is 11.2 Å². The van der Waals surface area contributed by atoms with E-state index in [1.807, 2.05) is 30.3 Å². The van der Waals surface area contributed by atoms with Gasteiger partial charge < -0.3 is 40.1 Å². The van der Waals surface area contributed by atoms with E-state index < -0.39 is 43.1 Å². The molecule has 0 spiro atoms. The number of ether oxygens (including phenoxy) is 2. The van der Waals surface area contributed by atoms with E-state index >= 15 is 0 Å². The van der Waals surface area contributed by atoms with Crippen LogP contribution in [0.5, 0.6) is 17.2 Å². The lowest BCUT2D eigenvalue weighted by molar-refractivity contribution is -0.277. The summed E-state index contributed by atoms with van der Waals surface area (Å²) in [6.07, 6.45) is -6.80. The Hall–Kier alpha value is -2.36. The second kappa shape index (κ2) is 8.12. The van der Waals surface area contributed by atoms with Crippen LogP contribution in [0.15, 0.2) is 42.5 Å². The summed E-state index contributed by atoms with van der Waals surface area (Å²) in [5.74, 6) is -0.632. The molecule has 1 aliphatic rings. The Balaban J connectivity index is 1.88. The van der Waals surface area contributed by atoms with Crippen LogP contribution in [0.3, 0.4) is 0 Å². The number of rotatable bonds is 5. The van der Waals surface area contributed by atoms with Gasteiger partial charge in [-0.3, -0.25) is 0 Å². The summed E-state index contributed by atoms with van der Waals surface area (Å²) in [7, 11) is 0. The summed E-state index contributed by atoms with van der Waals surface area (Å²) < 4.78 is 11.0. The van der Waals surface area contributed by atoms with E-state index in [0.29, 0.717) is 12.0 Å². The summed E-state index contributed by atoms with van der Waals surface area (Å²) >= 11 is 0. The number of aromatic hydroxyl groups is 2. The molecule has 146 valence electrons. The molecule has 1 aliphatic heterocycles. The standard InChI is InChI=1S/C19H22O8/c20-9-15-16(23)17(24)18(25)19(27-15)26-14-8-13(22)12(21)7-11(14)6-10-4-2-1-3-5-10/h1-5,7-8,15-25H,6,9H2. The summed E-state index contributed by atoms with van der Waals surface area (Å²) in [5, 5.41) is 58.8. The molecule has 0 aromatic heterocycles. The van der Waals surface area contributed by atoms with Crippen molar-refractivity contribution in [3.8, 4) is 17.2 Å². The van der Waals surface area contributed by atoms with Crippen LogP contribution in [0, 0.1) is 0 Å². The normalized spacial score (nSPS) is 28.1. The third kappa shape index (κ3) is 4.15. The average Bonchev–Trinajstić information content (AvgIpc) is 2.67. The topological polar surface area (TPSA) is 140 Å². The Morgan fingerprint density at radius 2 is 1.56 bits per heavy atom. The second-order valence-electron chi connectivity index (χ2n) is 6.43. The van der Waals surface area contributed by atoms with Crippen LogP contribution in [0.4, 0.5) is 0 Å². The van der Waals surface area contributed by atoms with E-state index in [-0.39, 0.29) is 11.5 Å². The molecule has 0 radical (unpaired) electrons. The molecule has 0 bridgehead atoms. The fourth-order valence-corrected chi connectivity index (χ4v) is 2.95. The van der Waals surface area contributed by atoms with Gasteiger partial charge in [0.2, 0.25) is 6.29 Å². The van der Waals surface area contributed by atoms with Crippen molar-refractivity contribution in [1.82, 2.24) is 0 Å². The molecule has 0 amide bonds. The number of phenols is 2. The van der Waals surface area contributed by atoms with Crippen LogP contribution < -0.4 is 4.74 Å². The number of benzene rings is 2. The number of phenolic OH excluding ortho intramolecular Hbond substituents is 2. The monoisotopic (exact) mass is 378 g/mol. The summed E-state index contributed by atoms with van der Waals surface area (Å²) in [4.78, 5) is 0. The zero-order valence-corrected chi connectivity index (χ0v) is 14.3. The largest absolute Gasteiger partial charge is 0.504 e. The van der Waals surface area contributed by atoms with Crippen LogP contribution in [0.25, 0.3) is 0 Å². The van der Waals surface area contributed by atoms with E-state index in [1.165, 1.54) is 12.1 Å². The van der Waals surface area contributed by atoms with Gasteiger partial charge in [0, 0.05) is 18.1 Å². The minimum Gasteiger partial charge on any atom is -0.504 e. The Morgan fingerprint density at radius 1 is 0.889 bits per heavy atom. The highest BCUT2D eigenvalue weighted by Crippen LogP contribution is 2.36.